The SMILES string of the molecule is Cc1cc(OCC(=O)O)ccc1NC(=O)c1nn(C)c2ccc(F)cc12. The Bertz CT molecular complexity index is 1010. The Morgan fingerprint density at radius 1 is 1.27 bits per heavy atom. The zero-order valence-electron chi connectivity index (χ0n) is 14.1. The summed E-state index contributed by atoms with van der Waals surface area (Å²) in [5.41, 5.74) is 1.97. The molecule has 7 nitrogen and oxygen atoms in total. The molecule has 0 aliphatic rings. The van der Waals surface area contributed by atoms with E-state index in [0.29, 0.717) is 27.9 Å². The first-order chi connectivity index (χ1) is 12.3. The van der Waals surface area contributed by atoms with Crippen LogP contribution in [0.2, 0.25) is 0 Å². The molecule has 26 heavy (non-hydrogen) atoms. The highest BCUT2D eigenvalue weighted by Gasteiger charge is 2.17. The molecular weight excluding hydrogens is 341 g/mol. The predicted molar refractivity (Wildman–Crippen MR) is 92.9 cm³/mol. The Labute approximate surface area is 148 Å². The Kier molecular flexibility index (Phi) is 4.57. The lowest BCUT2D eigenvalue weighted by Crippen LogP contribution is -2.14. The summed E-state index contributed by atoms with van der Waals surface area (Å²) in [7, 11) is 1.68. The van der Waals surface area contributed by atoms with Crippen molar-refractivity contribution in [1.82, 2.24) is 9.78 Å². The molecule has 1 amide bonds. The van der Waals surface area contributed by atoms with Crippen LogP contribution < -0.4 is 10.1 Å². The van der Waals surface area contributed by atoms with Gasteiger partial charge in [0.2, 0.25) is 0 Å². The number of nitrogens with one attached hydrogen (secondary N) is 1. The number of aliphatic carboxylic acids is 1. The summed E-state index contributed by atoms with van der Waals surface area (Å²) >= 11 is 0. The van der Waals surface area contributed by atoms with Crippen molar-refractivity contribution in [2.45, 2.75) is 6.92 Å². The normalized spacial score (nSPS) is 10.7. The smallest absolute Gasteiger partial charge is 0.341 e. The van der Waals surface area contributed by atoms with Crippen molar-refractivity contribution in [2.75, 3.05) is 11.9 Å². The van der Waals surface area contributed by atoms with Gasteiger partial charge in [0, 0.05) is 18.1 Å². The Morgan fingerprint density at radius 2 is 2.04 bits per heavy atom. The van der Waals surface area contributed by atoms with Gasteiger partial charge in [0.1, 0.15) is 11.6 Å². The van der Waals surface area contributed by atoms with Gasteiger partial charge >= 0.3 is 5.97 Å². The summed E-state index contributed by atoms with van der Waals surface area (Å²) in [6.45, 7) is 1.30. The fraction of sp³-hybridized carbons (Fsp3) is 0.167. The summed E-state index contributed by atoms with van der Waals surface area (Å²) in [6, 6.07) is 8.93. The molecule has 0 saturated heterocycles. The van der Waals surface area contributed by atoms with Gasteiger partial charge in [-0.2, -0.15) is 5.10 Å². The van der Waals surface area contributed by atoms with Crippen LogP contribution in [0.4, 0.5) is 10.1 Å². The average Bonchev–Trinajstić information content (AvgIpc) is 2.91. The van der Waals surface area contributed by atoms with E-state index in [1.165, 1.54) is 16.8 Å². The van der Waals surface area contributed by atoms with Crippen molar-refractivity contribution in [3.63, 3.8) is 0 Å². The first-order valence-corrected chi connectivity index (χ1v) is 7.74. The highest BCUT2D eigenvalue weighted by atomic mass is 19.1. The number of amides is 1. The summed E-state index contributed by atoms with van der Waals surface area (Å²) < 4.78 is 20.1. The van der Waals surface area contributed by atoms with Crippen LogP contribution in [0, 0.1) is 12.7 Å². The summed E-state index contributed by atoms with van der Waals surface area (Å²) in [6.07, 6.45) is 0. The van der Waals surface area contributed by atoms with Gasteiger partial charge in [-0.3, -0.25) is 9.48 Å². The largest absolute Gasteiger partial charge is 0.482 e. The molecule has 3 aromatic rings. The zero-order chi connectivity index (χ0) is 18.8. The van der Waals surface area contributed by atoms with Gasteiger partial charge in [-0.05, 0) is 48.9 Å². The lowest BCUT2D eigenvalue weighted by atomic mass is 10.1. The second-order valence-corrected chi connectivity index (χ2v) is 5.75. The van der Waals surface area contributed by atoms with Gasteiger partial charge in [-0.1, -0.05) is 0 Å². The van der Waals surface area contributed by atoms with E-state index in [2.05, 4.69) is 10.4 Å². The average molecular weight is 357 g/mol. The van der Waals surface area contributed by atoms with Gasteiger partial charge in [0.25, 0.3) is 5.91 Å². The lowest BCUT2D eigenvalue weighted by Gasteiger charge is -2.10. The van der Waals surface area contributed by atoms with Crippen LogP contribution in [0.3, 0.4) is 0 Å². The molecule has 2 N–H and O–H groups in total. The fourth-order valence-corrected chi connectivity index (χ4v) is 2.60. The summed E-state index contributed by atoms with van der Waals surface area (Å²) in [4.78, 5) is 23.1. The third kappa shape index (κ3) is 3.49. The molecule has 3 rings (SSSR count). The number of benzene rings is 2. The van der Waals surface area contributed by atoms with E-state index in [-0.39, 0.29) is 5.69 Å². The summed E-state index contributed by atoms with van der Waals surface area (Å²) in [5, 5.41) is 16.0. The number of hydrogen-bond donors (Lipinski definition) is 2. The monoisotopic (exact) mass is 357 g/mol. The van der Waals surface area contributed by atoms with Crippen molar-refractivity contribution in [2.24, 2.45) is 7.05 Å². The number of carboxylic acid groups (broad SMARTS) is 1. The third-order valence-electron chi connectivity index (χ3n) is 3.84. The fourth-order valence-electron chi connectivity index (χ4n) is 2.60. The Morgan fingerprint density at radius 3 is 2.73 bits per heavy atom. The molecule has 0 radical (unpaired) electrons. The van der Waals surface area contributed by atoms with Gasteiger partial charge < -0.3 is 15.2 Å². The van der Waals surface area contributed by atoms with Gasteiger partial charge in [-0.25, -0.2) is 9.18 Å². The molecular formula is C18H16FN3O4. The van der Waals surface area contributed by atoms with Crippen molar-refractivity contribution in [3.05, 3.63) is 53.5 Å². The second kappa shape index (κ2) is 6.83. The number of hydrogen-bond acceptors (Lipinski definition) is 4. The molecule has 0 aliphatic heterocycles. The minimum absolute atomic E-state index is 0.118. The predicted octanol–water partition coefficient (Wildman–Crippen LogP) is 2.74. The topological polar surface area (TPSA) is 93.4 Å². The molecule has 8 heteroatoms. The van der Waals surface area contributed by atoms with Crippen LogP contribution in [0.15, 0.2) is 36.4 Å². The van der Waals surface area contributed by atoms with E-state index in [1.54, 1.807) is 38.2 Å². The van der Waals surface area contributed by atoms with E-state index >= 15 is 0 Å². The standard InChI is InChI=1S/C18H16FN3O4/c1-10-7-12(26-9-16(23)24)4-5-14(10)20-18(25)17-13-8-11(19)3-6-15(13)22(2)21-17/h3-8H,9H2,1-2H3,(H,20,25)(H,23,24). The minimum atomic E-state index is -1.07. The molecule has 0 spiro atoms. The molecule has 0 unspecified atom stereocenters. The van der Waals surface area contributed by atoms with Gasteiger partial charge in [0.05, 0.1) is 5.52 Å². The molecule has 2 aromatic carbocycles. The number of rotatable bonds is 5. The number of aryl methyl sites for hydroxylation is 2. The van der Waals surface area contributed by atoms with E-state index < -0.39 is 24.3 Å². The second-order valence-electron chi connectivity index (χ2n) is 5.75. The molecule has 1 aromatic heterocycles. The zero-order valence-corrected chi connectivity index (χ0v) is 14.1. The van der Waals surface area contributed by atoms with Gasteiger partial charge in [-0.15, -0.1) is 0 Å². The number of fused-ring (bicyclic) bond motifs is 1. The van der Waals surface area contributed by atoms with Crippen LogP contribution in [0.25, 0.3) is 10.9 Å². The molecule has 0 fully saturated rings. The highest BCUT2D eigenvalue weighted by molar-refractivity contribution is 6.11. The van der Waals surface area contributed by atoms with Gasteiger partial charge in [0.15, 0.2) is 12.3 Å². The van der Waals surface area contributed by atoms with Crippen molar-refractivity contribution >= 4 is 28.5 Å². The molecule has 0 bridgehead atoms. The molecule has 1 heterocycles. The van der Waals surface area contributed by atoms with Crippen molar-refractivity contribution < 1.29 is 23.8 Å². The highest BCUT2D eigenvalue weighted by Crippen LogP contribution is 2.24. The molecule has 0 atom stereocenters. The number of nitrogens with zero attached hydrogens (tertiary/aromatic N) is 2. The Balaban J connectivity index is 1.84. The van der Waals surface area contributed by atoms with Crippen LogP contribution >= 0.6 is 0 Å². The Hall–Kier alpha value is -3.42. The molecule has 134 valence electrons. The van der Waals surface area contributed by atoms with E-state index in [4.69, 9.17) is 9.84 Å². The number of aromatic nitrogens is 2. The number of halogens is 1. The first-order valence-electron chi connectivity index (χ1n) is 7.74. The third-order valence-corrected chi connectivity index (χ3v) is 3.84. The molecule has 0 aliphatic carbocycles. The van der Waals surface area contributed by atoms with Crippen molar-refractivity contribution in [1.29, 1.82) is 0 Å². The van der Waals surface area contributed by atoms with E-state index in [9.17, 15) is 14.0 Å². The maximum atomic E-state index is 13.5. The number of ether oxygens (including phenoxy) is 1. The first kappa shape index (κ1) is 17.4. The summed E-state index contributed by atoms with van der Waals surface area (Å²) in [5.74, 6) is -1.61. The van der Waals surface area contributed by atoms with Crippen molar-refractivity contribution in [3.8, 4) is 5.75 Å². The van der Waals surface area contributed by atoms with Crippen LogP contribution in [0.5, 0.6) is 5.75 Å². The number of anilines is 1. The lowest BCUT2D eigenvalue weighted by molar-refractivity contribution is -0.139. The number of carboxylic acids is 1. The number of carbonyl (C=O) groups excluding carboxylic acids is 1. The van der Waals surface area contributed by atoms with Crippen LogP contribution in [-0.2, 0) is 11.8 Å². The minimum Gasteiger partial charge on any atom is -0.482 e. The molecule has 0 saturated carbocycles. The van der Waals surface area contributed by atoms with E-state index in [0.717, 1.165) is 0 Å². The maximum Gasteiger partial charge on any atom is 0.341 e. The van der Waals surface area contributed by atoms with Crippen LogP contribution in [0.1, 0.15) is 16.1 Å². The van der Waals surface area contributed by atoms with E-state index in [1.807, 2.05) is 0 Å². The quantitative estimate of drug-likeness (QED) is 0.732. The number of carbonyl (C=O) groups is 2. The van der Waals surface area contributed by atoms with Crippen LogP contribution in [-0.4, -0.2) is 33.4 Å². The maximum absolute atomic E-state index is 13.5.